The van der Waals surface area contributed by atoms with Gasteiger partial charge in [-0.15, -0.1) is 10.2 Å². The number of nitrogens with one attached hydrogen (secondary N) is 1. The van der Waals surface area contributed by atoms with Gasteiger partial charge in [0, 0.05) is 12.3 Å². The van der Waals surface area contributed by atoms with Crippen molar-refractivity contribution in [3.8, 4) is 0 Å². The van der Waals surface area contributed by atoms with Gasteiger partial charge in [0.25, 0.3) is 0 Å². The Hall–Kier alpha value is -1.01. The maximum Gasteiger partial charge on any atom is 0.234 e. The summed E-state index contributed by atoms with van der Waals surface area (Å²) in [5, 5.41) is 17.9. The van der Waals surface area contributed by atoms with Crippen molar-refractivity contribution >= 4 is 16.3 Å². The molecule has 1 N–H and O–H groups in total. The first-order chi connectivity index (χ1) is 8.90. The number of hydrogen-bond acceptors (Lipinski definition) is 5. The van der Waals surface area contributed by atoms with Gasteiger partial charge in [-0.2, -0.15) is 9.61 Å². The molecule has 96 valence electrons. The molecular formula is C12H17N5S. The zero-order valence-corrected chi connectivity index (χ0v) is 11.1. The minimum absolute atomic E-state index is 0.600. The first-order valence-corrected chi connectivity index (χ1v) is 7.63. The Morgan fingerprint density at radius 2 is 2.22 bits per heavy atom. The lowest BCUT2D eigenvalue weighted by Crippen LogP contribution is -2.13. The molecule has 6 heteroatoms. The van der Waals surface area contributed by atoms with E-state index in [2.05, 4.69) is 15.5 Å². The standard InChI is InChI=1S/C12H17N5S/c1-2-9(3-1)11-14-15-12-17(11)16-10(18-12)6-8-4-5-13-7-8/h8-9,13H,1-7H2. The summed E-state index contributed by atoms with van der Waals surface area (Å²) in [6.07, 6.45) is 6.19. The zero-order chi connectivity index (χ0) is 11.9. The average molecular weight is 263 g/mol. The monoisotopic (exact) mass is 263 g/mol. The van der Waals surface area contributed by atoms with Gasteiger partial charge in [0.2, 0.25) is 4.96 Å². The molecule has 1 saturated heterocycles. The van der Waals surface area contributed by atoms with E-state index < -0.39 is 0 Å². The van der Waals surface area contributed by atoms with Crippen LogP contribution < -0.4 is 5.32 Å². The van der Waals surface area contributed by atoms with Crippen LogP contribution in [-0.4, -0.2) is 32.9 Å². The Kier molecular flexibility index (Phi) is 2.58. The molecule has 5 nitrogen and oxygen atoms in total. The van der Waals surface area contributed by atoms with Gasteiger partial charge in [-0.3, -0.25) is 0 Å². The predicted molar refractivity (Wildman–Crippen MR) is 69.9 cm³/mol. The van der Waals surface area contributed by atoms with Gasteiger partial charge in [0.15, 0.2) is 5.82 Å². The van der Waals surface area contributed by atoms with E-state index in [0.717, 1.165) is 36.2 Å². The summed E-state index contributed by atoms with van der Waals surface area (Å²) in [4.78, 5) is 0.970. The largest absolute Gasteiger partial charge is 0.316 e. The fraction of sp³-hybridized carbons (Fsp3) is 0.750. The molecule has 3 heterocycles. The lowest BCUT2D eigenvalue weighted by Gasteiger charge is -2.22. The zero-order valence-electron chi connectivity index (χ0n) is 10.3. The summed E-state index contributed by atoms with van der Waals surface area (Å²) in [7, 11) is 0. The number of rotatable bonds is 3. The molecule has 1 atom stereocenters. The number of fused-ring (bicyclic) bond motifs is 1. The second-order valence-electron chi connectivity index (χ2n) is 5.44. The summed E-state index contributed by atoms with van der Waals surface area (Å²) >= 11 is 1.71. The van der Waals surface area contributed by atoms with E-state index >= 15 is 0 Å². The van der Waals surface area contributed by atoms with Crippen molar-refractivity contribution in [3.05, 3.63) is 10.8 Å². The van der Waals surface area contributed by atoms with Gasteiger partial charge >= 0.3 is 0 Å². The van der Waals surface area contributed by atoms with E-state index in [1.54, 1.807) is 11.3 Å². The minimum atomic E-state index is 0.600. The molecule has 1 aliphatic carbocycles. The maximum atomic E-state index is 4.72. The van der Waals surface area contributed by atoms with Crippen molar-refractivity contribution in [2.75, 3.05) is 13.1 Å². The molecule has 1 saturated carbocycles. The maximum absolute atomic E-state index is 4.72. The summed E-state index contributed by atoms with van der Waals surface area (Å²) < 4.78 is 1.99. The van der Waals surface area contributed by atoms with E-state index in [1.807, 2.05) is 4.52 Å². The molecule has 2 aliphatic rings. The lowest BCUT2D eigenvalue weighted by atomic mass is 9.85. The lowest BCUT2D eigenvalue weighted by molar-refractivity contribution is 0.394. The topological polar surface area (TPSA) is 55.1 Å². The highest BCUT2D eigenvalue weighted by Gasteiger charge is 2.26. The van der Waals surface area contributed by atoms with Gasteiger partial charge in [-0.1, -0.05) is 17.8 Å². The number of hydrogen-bond donors (Lipinski definition) is 1. The molecule has 1 unspecified atom stereocenters. The van der Waals surface area contributed by atoms with Crippen LogP contribution in [0.5, 0.6) is 0 Å². The van der Waals surface area contributed by atoms with Crippen molar-refractivity contribution < 1.29 is 0 Å². The molecular weight excluding hydrogens is 246 g/mol. The fourth-order valence-electron chi connectivity index (χ4n) is 2.81. The molecule has 18 heavy (non-hydrogen) atoms. The normalized spacial score (nSPS) is 24.8. The third-order valence-electron chi connectivity index (χ3n) is 4.15. The van der Waals surface area contributed by atoms with Crippen LogP contribution in [0.1, 0.15) is 42.4 Å². The van der Waals surface area contributed by atoms with Gasteiger partial charge in [-0.25, -0.2) is 0 Å². The minimum Gasteiger partial charge on any atom is -0.316 e. The van der Waals surface area contributed by atoms with Crippen molar-refractivity contribution in [3.63, 3.8) is 0 Å². The molecule has 2 fully saturated rings. The number of aromatic nitrogens is 4. The van der Waals surface area contributed by atoms with Crippen LogP contribution >= 0.6 is 11.3 Å². The summed E-state index contributed by atoms with van der Waals surface area (Å²) in [6.45, 7) is 2.29. The molecule has 2 aromatic rings. The molecule has 4 rings (SSSR count). The SMILES string of the molecule is C1CC(c2nnc3sc(CC4CCNC4)nn23)C1. The summed E-state index contributed by atoms with van der Waals surface area (Å²) in [5.74, 6) is 2.44. The smallest absolute Gasteiger partial charge is 0.234 e. The van der Waals surface area contributed by atoms with Crippen LogP contribution in [0.25, 0.3) is 4.96 Å². The summed E-state index contributed by atoms with van der Waals surface area (Å²) in [5.41, 5.74) is 0. The highest BCUT2D eigenvalue weighted by molar-refractivity contribution is 7.16. The number of nitrogens with zero attached hydrogens (tertiary/aromatic N) is 4. The van der Waals surface area contributed by atoms with Crippen molar-refractivity contribution in [2.45, 2.75) is 38.0 Å². The predicted octanol–water partition coefficient (Wildman–Crippen LogP) is 1.61. The van der Waals surface area contributed by atoms with Gasteiger partial charge in [-0.05, 0) is 38.3 Å². The van der Waals surface area contributed by atoms with Crippen molar-refractivity contribution in [2.24, 2.45) is 5.92 Å². The Balaban J connectivity index is 1.60. The second-order valence-corrected chi connectivity index (χ2v) is 6.48. The van der Waals surface area contributed by atoms with E-state index in [9.17, 15) is 0 Å². The molecule has 2 aromatic heterocycles. The first kappa shape index (κ1) is 10.9. The van der Waals surface area contributed by atoms with E-state index in [4.69, 9.17) is 5.10 Å². The van der Waals surface area contributed by atoms with Gasteiger partial charge < -0.3 is 5.32 Å². The molecule has 0 amide bonds. The Labute approximate surface area is 110 Å². The van der Waals surface area contributed by atoms with E-state index in [0.29, 0.717) is 5.92 Å². The second kappa shape index (κ2) is 4.28. The van der Waals surface area contributed by atoms with Gasteiger partial charge in [0.1, 0.15) is 5.01 Å². The molecule has 1 aliphatic heterocycles. The van der Waals surface area contributed by atoms with Crippen LogP contribution in [0.4, 0.5) is 0 Å². The molecule has 0 spiro atoms. The van der Waals surface area contributed by atoms with Crippen LogP contribution in [0.15, 0.2) is 0 Å². The summed E-state index contributed by atoms with van der Waals surface area (Å²) in [6, 6.07) is 0. The van der Waals surface area contributed by atoms with Crippen LogP contribution in [-0.2, 0) is 6.42 Å². The molecule has 0 aromatic carbocycles. The van der Waals surface area contributed by atoms with Crippen molar-refractivity contribution in [1.29, 1.82) is 0 Å². The Bertz CT molecular complexity index is 550. The molecule has 0 radical (unpaired) electrons. The van der Waals surface area contributed by atoms with Crippen LogP contribution in [0.3, 0.4) is 0 Å². The first-order valence-electron chi connectivity index (χ1n) is 6.82. The average Bonchev–Trinajstić information content (AvgIpc) is 2.95. The van der Waals surface area contributed by atoms with Crippen LogP contribution in [0.2, 0.25) is 0 Å². The van der Waals surface area contributed by atoms with Gasteiger partial charge in [0.05, 0.1) is 0 Å². The molecule has 0 bridgehead atoms. The van der Waals surface area contributed by atoms with Crippen LogP contribution in [0, 0.1) is 5.92 Å². The highest BCUT2D eigenvalue weighted by Crippen LogP contribution is 2.35. The Morgan fingerprint density at radius 3 is 2.94 bits per heavy atom. The fourth-order valence-corrected chi connectivity index (χ4v) is 3.77. The van der Waals surface area contributed by atoms with E-state index in [-0.39, 0.29) is 0 Å². The highest BCUT2D eigenvalue weighted by atomic mass is 32.1. The Morgan fingerprint density at radius 1 is 1.28 bits per heavy atom. The van der Waals surface area contributed by atoms with E-state index in [1.165, 1.54) is 30.7 Å². The third kappa shape index (κ3) is 1.75. The van der Waals surface area contributed by atoms with Crippen molar-refractivity contribution in [1.82, 2.24) is 25.1 Å². The quantitative estimate of drug-likeness (QED) is 0.914. The third-order valence-corrected chi connectivity index (χ3v) is 5.07.